The molecule has 2 fully saturated rings. The summed E-state index contributed by atoms with van der Waals surface area (Å²) in [6.07, 6.45) is 1.54. The average molecular weight is 415 g/mol. The molecule has 2 amide bonds. The number of piperidine rings is 1. The Morgan fingerprint density at radius 3 is 2.62 bits per heavy atom. The number of anilines is 1. The highest BCUT2D eigenvalue weighted by Crippen LogP contribution is 2.39. The summed E-state index contributed by atoms with van der Waals surface area (Å²) < 4.78 is 38.8. The number of nitrogens with zero attached hydrogens (tertiary/aromatic N) is 1. The van der Waals surface area contributed by atoms with Gasteiger partial charge in [-0.1, -0.05) is 18.2 Å². The van der Waals surface area contributed by atoms with E-state index in [-0.39, 0.29) is 29.8 Å². The lowest BCUT2D eigenvalue weighted by molar-refractivity contribution is 0.174. The zero-order valence-electron chi connectivity index (χ0n) is 15.6. The smallest absolute Gasteiger partial charge is 0.322 e. The summed E-state index contributed by atoms with van der Waals surface area (Å²) in [6, 6.07) is 12.9. The van der Waals surface area contributed by atoms with Crippen LogP contribution >= 0.6 is 0 Å². The zero-order chi connectivity index (χ0) is 20.0. The molecular formula is C20H21N3O5S. The van der Waals surface area contributed by atoms with E-state index in [0.717, 1.165) is 12.8 Å². The molecule has 2 aromatic carbocycles. The van der Waals surface area contributed by atoms with Crippen molar-refractivity contribution in [3.05, 3.63) is 48.5 Å². The van der Waals surface area contributed by atoms with Gasteiger partial charge in [-0.3, -0.25) is 0 Å². The van der Waals surface area contributed by atoms with Crippen molar-refractivity contribution in [1.29, 1.82) is 0 Å². The van der Waals surface area contributed by atoms with E-state index in [1.54, 1.807) is 53.4 Å². The van der Waals surface area contributed by atoms with Crippen molar-refractivity contribution in [3.63, 3.8) is 0 Å². The number of ether oxygens (including phenoxy) is 2. The van der Waals surface area contributed by atoms with Crippen LogP contribution in [0, 0.1) is 5.92 Å². The molecule has 2 bridgehead atoms. The SMILES string of the molecule is O=C(Nc1ccc2c(c1)OCO2)N1C[C@@H]2C[C@H](NS(=O)(=O)c3ccccc3)[C@H]1C2. The van der Waals surface area contributed by atoms with Crippen LogP contribution in [0.3, 0.4) is 0 Å². The number of rotatable bonds is 4. The van der Waals surface area contributed by atoms with E-state index in [1.165, 1.54) is 0 Å². The molecule has 29 heavy (non-hydrogen) atoms. The first-order chi connectivity index (χ1) is 14.0. The number of carbonyl (C=O) groups is 1. The van der Waals surface area contributed by atoms with Crippen molar-refractivity contribution in [2.24, 2.45) is 5.92 Å². The maximum absolute atomic E-state index is 12.9. The Balaban J connectivity index is 1.28. The number of hydrogen-bond donors (Lipinski definition) is 2. The second-order valence-electron chi connectivity index (χ2n) is 7.60. The molecule has 0 aromatic heterocycles. The van der Waals surface area contributed by atoms with Gasteiger partial charge >= 0.3 is 6.03 Å². The molecule has 2 heterocycles. The Morgan fingerprint density at radius 2 is 1.83 bits per heavy atom. The second kappa shape index (κ2) is 6.93. The van der Waals surface area contributed by atoms with Crippen molar-refractivity contribution in [2.45, 2.75) is 29.8 Å². The fourth-order valence-electron chi connectivity index (χ4n) is 4.42. The first-order valence-electron chi connectivity index (χ1n) is 9.54. The Morgan fingerprint density at radius 1 is 1.03 bits per heavy atom. The summed E-state index contributed by atoms with van der Waals surface area (Å²) in [4.78, 5) is 14.8. The van der Waals surface area contributed by atoms with Crippen LogP contribution in [0.2, 0.25) is 0 Å². The minimum Gasteiger partial charge on any atom is -0.454 e. The van der Waals surface area contributed by atoms with Crippen LogP contribution in [-0.4, -0.2) is 44.8 Å². The minimum atomic E-state index is -3.62. The van der Waals surface area contributed by atoms with Gasteiger partial charge in [-0.05, 0) is 43.0 Å². The molecule has 152 valence electrons. The lowest BCUT2D eigenvalue weighted by Crippen LogP contribution is -2.52. The van der Waals surface area contributed by atoms with Crippen LogP contribution in [0.15, 0.2) is 53.4 Å². The highest BCUT2D eigenvalue weighted by Gasteiger charge is 2.48. The van der Waals surface area contributed by atoms with Crippen molar-refractivity contribution in [3.8, 4) is 11.5 Å². The van der Waals surface area contributed by atoms with Crippen LogP contribution in [-0.2, 0) is 10.0 Å². The molecular weight excluding hydrogens is 394 g/mol. The molecule has 1 saturated heterocycles. The van der Waals surface area contributed by atoms with Crippen molar-refractivity contribution < 1.29 is 22.7 Å². The van der Waals surface area contributed by atoms with Crippen LogP contribution in [0.5, 0.6) is 11.5 Å². The lowest BCUT2D eigenvalue weighted by Gasteiger charge is -2.33. The molecule has 0 unspecified atom stereocenters. The third kappa shape index (κ3) is 3.40. The minimum absolute atomic E-state index is 0.160. The summed E-state index contributed by atoms with van der Waals surface area (Å²) in [7, 11) is -3.62. The molecule has 0 spiro atoms. The molecule has 5 rings (SSSR count). The highest BCUT2D eigenvalue weighted by atomic mass is 32.2. The number of likely N-dealkylation sites (tertiary alicyclic amines) is 1. The molecule has 1 saturated carbocycles. The fourth-order valence-corrected chi connectivity index (χ4v) is 5.73. The van der Waals surface area contributed by atoms with Gasteiger partial charge in [0.15, 0.2) is 11.5 Å². The predicted molar refractivity (Wildman–Crippen MR) is 105 cm³/mol. The van der Waals surface area contributed by atoms with E-state index < -0.39 is 10.0 Å². The monoisotopic (exact) mass is 415 g/mol. The Bertz CT molecular complexity index is 1040. The van der Waals surface area contributed by atoms with Crippen LogP contribution in [0.4, 0.5) is 10.5 Å². The normalized spacial score (nSPS) is 24.7. The van der Waals surface area contributed by atoms with Gasteiger partial charge in [0.25, 0.3) is 0 Å². The Labute approximate surface area is 168 Å². The quantitative estimate of drug-likeness (QED) is 0.799. The first kappa shape index (κ1) is 18.3. The number of nitrogens with one attached hydrogen (secondary N) is 2. The van der Waals surface area contributed by atoms with E-state index in [1.807, 2.05) is 0 Å². The van der Waals surface area contributed by atoms with E-state index in [2.05, 4.69) is 10.0 Å². The molecule has 2 aliphatic heterocycles. The Kier molecular flexibility index (Phi) is 4.36. The summed E-state index contributed by atoms with van der Waals surface area (Å²) in [5.74, 6) is 1.55. The topological polar surface area (TPSA) is 97.0 Å². The van der Waals surface area contributed by atoms with E-state index >= 15 is 0 Å². The van der Waals surface area contributed by atoms with Gasteiger partial charge in [-0.25, -0.2) is 17.9 Å². The molecule has 2 N–H and O–H groups in total. The molecule has 3 atom stereocenters. The maximum atomic E-state index is 12.9. The van der Waals surface area contributed by atoms with Crippen LogP contribution in [0.1, 0.15) is 12.8 Å². The van der Waals surface area contributed by atoms with Gasteiger partial charge in [0, 0.05) is 24.3 Å². The number of carbonyl (C=O) groups excluding carboxylic acids is 1. The third-order valence-corrected chi connectivity index (χ3v) is 7.23. The summed E-state index contributed by atoms with van der Waals surface area (Å²) >= 11 is 0. The number of hydrogen-bond acceptors (Lipinski definition) is 5. The second-order valence-corrected chi connectivity index (χ2v) is 9.31. The molecule has 3 aliphatic rings. The standard InChI is InChI=1S/C20H21N3O5S/c24-20(21-14-6-7-18-19(10-14)28-12-27-18)23-11-13-8-16(17(23)9-13)22-29(25,26)15-4-2-1-3-5-15/h1-7,10,13,16-17,22H,8-9,11-12H2,(H,21,24)/t13-,16+,17-/m1/s1. The number of fused-ring (bicyclic) bond motifs is 3. The summed E-state index contributed by atoms with van der Waals surface area (Å²) in [5, 5.41) is 2.89. The van der Waals surface area contributed by atoms with Gasteiger partial charge in [-0.2, -0.15) is 0 Å². The van der Waals surface area contributed by atoms with Gasteiger partial charge in [0.1, 0.15) is 0 Å². The van der Waals surface area contributed by atoms with E-state index in [0.29, 0.717) is 29.6 Å². The highest BCUT2D eigenvalue weighted by molar-refractivity contribution is 7.89. The van der Waals surface area contributed by atoms with E-state index in [9.17, 15) is 13.2 Å². The average Bonchev–Trinajstić information content (AvgIpc) is 3.43. The third-order valence-electron chi connectivity index (χ3n) is 5.73. The summed E-state index contributed by atoms with van der Waals surface area (Å²) in [5.41, 5.74) is 0.614. The molecule has 1 aliphatic carbocycles. The van der Waals surface area contributed by atoms with Gasteiger partial charge in [-0.15, -0.1) is 0 Å². The van der Waals surface area contributed by atoms with Gasteiger partial charge < -0.3 is 19.7 Å². The summed E-state index contributed by atoms with van der Waals surface area (Å²) in [6.45, 7) is 0.802. The van der Waals surface area contributed by atoms with E-state index in [4.69, 9.17) is 9.47 Å². The molecule has 2 aromatic rings. The number of sulfonamides is 1. The number of amides is 2. The van der Waals surface area contributed by atoms with Crippen molar-refractivity contribution >= 4 is 21.7 Å². The fraction of sp³-hybridized carbons (Fsp3) is 0.350. The molecule has 0 radical (unpaired) electrons. The predicted octanol–water partition coefficient (Wildman–Crippen LogP) is 2.39. The van der Waals surface area contributed by atoms with Crippen molar-refractivity contribution in [2.75, 3.05) is 18.7 Å². The zero-order valence-corrected chi connectivity index (χ0v) is 16.4. The molecule has 9 heteroatoms. The molecule has 8 nitrogen and oxygen atoms in total. The van der Waals surface area contributed by atoms with Gasteiger partial charge in [0.05, 0.1) is 10.9 Å². The van der Waals surface area contributed by atoms with Crippen molar-refractivity contribution in [1.82, 2.24) is 9.62 Å². The van der Waals surface area contributed by atoms with Crippen LogP contribution < -0.4 is 19.5 Å². The number of urea groups is 1. The lowest BCUT2D eigenvalue weighted by atomic mass is 10.1. The first-order valence-corrected chi connectivity index (χ1v) is 11.0. The Hall–Kier alpha value is -2.78. The largest absolute Gasteiger partial charge is 0.454 e. The maximum Gasteiger partial charge on any atom is 0.322 e. The van der Waals surface area contributed by atoms with Gasteiger partial charge in [0.2, 0.25) is 16.8 Å². The number of benzene rings is 2. The van der Waals surface area contributed by atoms with Crippen LogP contribution in [0.25, 0.3) is 0 Å².